The highest BCUT2D eigenvalue weighted by Gasteiger charge is 2.32. The fourth-order valence-corrected chi connectivity index (χ4v) is 5.89. The maximum absolute atomic E-state index is 13.4. The number of benzene rings is 1. The zero-order valence-corrected chi connectivity index (χ0v) is 22.3. The van der Waals surface area contributed by atoms with Crippen molar-refractivity contribution in [2.45, 2.75) is 64.5 Å². The van der Waals surface area contributed by atoms with Crippen molar-refractivity contribution in [3.63, 3.8) is 0 Å². The average molecular weight is 509 g/mol. The Balaban J connectivity index is 1.45. The number of piperazine rings is 1. The molecule has 9 heteroatoms. The molecule has 8 nitrogen and oxygen atoms in total. The van der Waals surface area contributed by atoms with Crippen LogP contribution in [-0.2, 0) is 0 Å². The molecule has 1 N–H and O–H groups in total. The number of urea groups is 1. The van der Waals surface area contributed by atoms with E-state index < -0.39 is 6.03 Å². The van der Waals surface area contributed by atoms with Crippen molar-refractivity contribution in [3.05, 3.63) is 35.2 Å². The fraction of sp³-hybridized carbons (Fsp3) is 0.556. The lowest BCUT2D eigenvalue weighted by molar-refractivity contribution is 0.0709. The molecule has 36 heavy (non-hydrogen) atoms. The van der Waals surface area contributed by atoms with Crippen molar-refractivity contribution in [1.29, 1.82) is 5.26 Å². The van der Waals surface area contributed by atoms with Gasteiger partial charge in [0.05, 0.1) is 11.8 Å². The Morgan fingerprint density at radius 1 is 1.11 bits per heavy atom. The number of carbonyl (C=O) groups excluding carboxylic acids is 2. The lowest BCUT2D eigenvalue weighted by Gasteiger charge is -2.42. The zero-order chi connectivity index (χ0) is 25.7. The Morgan fingerprint density at radius 2 is 1.78 bits per heavy atom. The number of nitrogens with one attached hydrogen (secondary N) is 1. The van der Waals surface area contributed by atoms with Crippen LogP contribution in [-0.4, -0.2) is 71.0 Å². The molecule has 2 aromatic rings. The van der Waals surface area contributed by atoms with E-state index in [1.807, 2.05) is 18.2 Å². The molecule has 0 spiro atoms. The Bertz CT molecular complexity index is 1090. The van der Waals surface area contributed by atoms with E-state index in [-0.39, 0.29) is 24.0 Å². The fourth-order valence-electron chi connectivity index (χ4n) is 5.00. The van der Waals surface area contributed by atoms with Gasteiger partial charge in [0.25, 0.3) is 5.91 Å². The maximum Gasteiger partial charge on any atom is 0.325 e. The van der Waals surface area contributed by atoms with Crippen molar-refractivity contribution in [2.24, 2.45) is 0 Å². The van der Waals surface area contributed by atoms with E-state index in [1.54, 1.807) is 23.5 Å². The summed E-state index contributed by atoms with van der Waals surface area (Å²) < 4.78 is 0. The standard InChI is InChI=1S/C27H36N6O2S/c1-27(2,3)32-17-15-31(16-18-32)26-30-23(19-36-26)20-9-11-21(12-10-20)24(34)33(25(35)29-14-13-28)22-7-5-4-6-8-22/h9-12,19,22H,4-8,14-18H2,1-3H3,(H,29,35). The molecule has 1 aromatic heterocycles. The van der Waals surface area contributed by atoms with Gasteiger partial charge in [-0.2, -0.15) is 5.26 Å². The topological polar surface area (TPSA) is 92.6 Å². The molecule has 1 aromatic carbocycles. The Morgan fingerprint density at radius 3 is 2.39 bits per heavy atom. The first-order valence-corrected chi connectivity index (χ1v) is 13.7. The number of nitrogens with zero attached hydrogens (tertiary/aromatic N) is 5. The second kappa shape index (κ2) is 11.4. The number of thiazole rings is 1. The van der Waals surface area contributed by atoms with E-state index in [0.717, 1.165) is 74.7 Å². The normalized spacial score (nSPS) is 17.4. The minimum absolute atomic E-state index is 0.119. The molecule has 0 atom stereocenters. The van der Waals surface area contributed by atoms with E-state index >= 15 is 0 Å². The van der Waals surface area contributed by atoms with Gasteiger partial charge in [-0.3, -0.25) is 14.6 Å². The van der Waals surface area contributed by atoms with Gasteiger partial charge in [0, 0.05) is 54.3 Å². The van der Waals surface area contributed by atoms with Crippen molar-refractivity contribution < 1.29 is 9.59 Å². The first-order chi connectivity index (χ1) is 17.3. The minimum Gasteiger partial charge on any atom is -0.346 e. The Labute approximate surface area is 217 Å². The largest absolute Gasteiger partial charge is 0.346 e. The summed E-state index contributed by atoms with van der Waals surface area (Å²) in [6, 6.07) is 8.62. The molecule has 1 aliphatic carbocycles. The Hall–Kier alpha value is -2.96. The highest BCUT2D eigenvalue weighted by Crippen LogP contribution is 2.30. The number of aromatic nitrogens is 1. The van der Waals surface area contributed by atoms with Crippen molar-refractivity contribution in [3.8, 4) is 17.3 Å². The number of rotatable bonds is 5. The summed E-state index contributed by atoms with van der Waals surface area (Å²) in [7, 11) is 0. The monoisotopic (exact) mass is 508 g/mol. The molecule has 192 valence electrons. The molecule has 0 radical (unpaired) electrons. The van der Waals surface area contributed by atoms with E-state index in [0.29, 0.717) is 5.56 Å². The number of carbonyl (C=O) groups is 2. The molecule has 1 saturated carbocycles. The second-order valence-corrected chi connectivity index (χ2v) is 11.4. The third-order valence-corrected chi connectivity index (χ3v) is 8.02. The molecular formula is C27H36N6O2S. The smallest absolute Gasteiger partial charge is 0.325 e. The van der Waals surface area contributed by atoms with Crippen LogP contribution in [0, 0.1) is 11.3 Å². The van der Waals surface area contributed by atoms with Crippen LogP contribution in [0.1, 0.15) is 63.2 Å². The summed E-state index contributed by atoms with van der Waals surface area (Å²) in [5.41, 5.74) is 2.48. The number of imide groups is 1. The number of nitriles is 1. The van der Waals surface area contributed by atoms with Gasteiger partial charge >= 0.3 is 6.03 Å². The molecule has 4 rings (SSSR count). The molecule has 0 unspecified atom stereocenters. The summed E-state index contributed by atoms with van der Waals surface area (Å²) in [6.07, 6.45) is 4.71. The molecular weight excluding hydrogens is 472 g/mol. The van der Waals surface area contributed by atoms with Gasteiger partial charge in [0.1, 0.15) is 6.54 Å². The quantitative estimate of drug-likeness (QED) is 0.587. The lowest BCUT2D eigenvalue weighted by Crippen LogP contribution is -2.53. The summed E-state index contributed by atoms with van der Waals surface area (Å²) in [4.78, 5) is 37.2. The molecule has 1 saturated heterocycles. The Kier molecular flexibility index (Phi) is 8.27. The number of amides is 3. The third-order valence-electron chi connectivity index (χ3n) is 7.11. The number of anilines is 1. The van der Waals surface area contributed by atoms with Gasteiger partial charge in [-0.05, 0) is 45.7 Å². The van der Waals surface area contributed by atoms with Gasteiger partial charge in [-0.1, -0.05) is 31.4 Å². The van der Waals surface area contributed by atoms with Gasteiger partial charge in [0.2, 0.25) is 0 Å². The van der Waals surface area contributed by atoms with Crippen LogP contribution in [0.25, 0.3) is 11.3 Å². The van der Waals surface area contributed by atoms with Gasteiger partial charge in [-0.25, -0.2) is 9.78 Å². The summed E-state index contributed by atoms with van der Waals surface area (Å²) >= 11 is 1.65. The van der Waals surface area contributed by atoms with Crippen LogP contribution < -0.4 is 10.2 Å². The first-order valence-electron chi connectivity index (χ1n) is 12.8. The summed E-state index contributed by atoms with van der Waals surface area (Å²) in [6.45, 7) is 10.6. The second-order valence-electron chi connectivity index (χ2n) is 10.5. The molecule has 2 heterocycles. The highest BCUT2D eigenvalue weighted by atomic mass is 32.1. The number of hydrogen-bond donors (Lipinski definition) is 1. The lowest BCUT2D eigenvalue weighted by atomic mass is 9.93. The van der Waals surface area contributed by atoms with E-state index in [4.69, 9.17) is 10.2 Å². The highest BCUT2D eigenvalue weighted by molar-refractivity contribution is 7.14. The molecule has 0 bridgehead atoms. The maximum atomic E-state index is 13.4. The minimum atomic E-state index is -0.492. The van der Waals surface area contributed by atoms with Crippen LogP contribution in [0.3, 0.4) is 0 Å². The van der Waals surface area contributed by atoms with Gasteiger partial charge in [0.15, 0.2) is 5.13 Å². The van der Waals surface area contributed by atoms with Crippen LogP contribution in [0.2, 0.25) is 0 Å². The van der Waals surface area contributed by atoms with Crippen molar-refractivity contribution in [1.82, 2.24) is 20.1 Å². The van der Waals surface area contributed by atoms with Gasteiger partial charge < -0.3 is 10.2 Å². The van der Waals surface area contributed by atoms with E-state index in [1.165, 1.54) is 4.90 Å². The molecule has 2 fully saturated rings. The van der Waals surface area contributed by atoms with Crippen LogP contribution in [0.4, 0.5) is 9.93 Å². The van der Waals surface area contributed by atoms with Crippen molar-refractivity contribution in [2.75, 3.05) is 37.6 Å². The predicted octanol–water partition coefficient (Wildman–Crippen LogP) is 4.74. The molecule has 1 aliphatic heterocycles. The third kappa shape index (κ3) is 6.05. The predicted molar refractivity (Wildman–Crippen MR) is 143 cm³/mol. The van der Waals surface area contributed by atoms with E-state index in [2.05, 4.69) is 41.3 Å². The van der Waals surface area contributed by atoms with Crippen molar-refractivity contribution >= 4 is 28.4 Å². The SMILES string of the molecule is CC(C)(C)N1CCN(c2nc(-c3ccc(C(=O)N(C(=O)NCC#N)C4CCCCC4)cc3)cs2)CC1. The first kappa shape index (κ1) is 26.1. The summed E-state index contributed by atoms with van der Waals surface area (Å²) in [5, 5.41) is 14.5. The summed E-state index contributed by atoms with van der Waals surface area (Å²) in [5.74, 6) is -0.320. The molecule has 2 aliphatic rings. The van der Waals surface area contributed by atoms with Gasteiger partial charge in [-0.15, -0.1) is 11.3 Å². The van der Waals surface area contributed by atoms with E-state index in [9.17, 15) is 9.59 Å². The average Bonchev–Trinajstić information content (AvgIpc) is 3.38. The van der Waals surface area contributed by atoms with Crippen LogP contribution in [0.5, 0.6) is 0 Å². The number of hydrogen-bond acceptors (Lipinski definition) is 7. The molecule has 3 amide bonds. The van der Waals surface area contributed by atoms with Crippen LogP contribution in [0.15, 0.2) is 29.6 Å². The van der Waals surface area contributed by atoms with Crippen LogP contribution >= 0.6 is 11.3 Å². The zero-order valence-electron chi connectivity index (χ0n) is 21.5.